The maximum absolute atomic E-state index is 12.6. The zero-order valence-electron chi connectivity index (χ0n) is 14.6. The number of methoxy groups -OCH3 is 1. The minimum Gasteiger partial charge on any atom is -0.495 e. The second-order valence-electron chi connectivity index (χ2n) is 5.69. The largest absolute Gasteiger partial charge is 0.495 e. The summed E-state index contributed by atoms with van der Waals surface area (Å²) >= 11 is 0. The predicted molar refractivity (Wildman–Crippen MR) is 93.2 cm³/mol. The Morgan fingerprint density at radius 1 is 1.19 bits per heavy atom. The minimum atomic E-state index is -3.93. The van der Waals surface area contributed by atoms with Crippen LogP contribution in [0.25, 0.3) is 0 Å². The number of rotatable bonds is 8. The average Bonchev–Trinajstić information content (AvgIpc) is 2.92. The predicted octanol–water partition coefficient (Wildman–Crippen LogP) is 0.153. The maximum Gasteiger partial charge on any atom is 0.244 e. The van der Waals surface area contributed by atoms with Gasteiger partial charge in [0.25, 0.3) is 0 Å². The van der Waals surface area contributed by atoms with Crippen LogP contribution < -0.4 is 19.7 Å². The Bertz CT molecular complexity index is 805. The second-order valence-corrected chi connectivity index (χ2v) is 7.43. The van der Waals surface area contributed by atoms with Crippen LogP contribution in [0.2, 0.25) is 0 Å². The number of hydrogen-bond donors (Lipinski definition) is 2. The molecule has 2 N–H and O–H groups in total. The van der Waals surface area contributed by atoms with E-state index < -0.39 is 10.0 Å². The molecule has 0 aromatic heterocycles. The van der Waals surface area contributed by atoms with E-state index in [1.54, 1.807) is 0 Å². The first-order valence-electron chi connectivity index (χ1n) is 8.04. The maximum atomic E-state index is 12.6. The van der Waals surface area contributed by atoms with Crippen LogP contribution in [0.15, 0.2) is 23.1 Å². The summed E-state index contributed by atoms with van der Waals surface area (Å²) in [6.07, 6.45) is 0.618. The van der Waals surface area contributed by atoms with Gasteiger partial charge in [0.1, 0.15) is 10.6 Å². The fourth-order valence-corrected chi connectivity index (χ4v) is 3.78. The Kier molecular flexibility index (Phi) is 6.32. The molecule has 0 unspecified atom stereocenters. The quantitative estimate of drug-likeness (QED) is 0.487. The van der Waals surface area contributed by atoms with Gasteiger partial charge < -0.3 is 10.1 Å². The number of nitrogens with one attached hydrogen (secondary N) is 2. The summed E-state index contributed by atoms with van der Waals surface area (Å²) in [5.74, 6) is -0.831. The Hall–Kier alpha value is -2.46. The number of carbonyl (C=O) groups excluding carboxylic acids is 3. The third-order valence-electron chi connectivity index (χ3n) is 3.77. The molecule has 3 amide bonds. The molecule has 10 heteroatoms. The Morgan fingerprint density at radius 2 is 1.85 bits per heavy atom. The Labute approximate surface area is 151 Å². The standard InChI is InChI=1S/C16H21N3O6S/c1-11(20)17-8-3-9-18-26(23,24)14-10-12(4-5-13(14)25-2)19-15(21)6-7-16(19)22/h4-5,10,18H,3,6-9H2,1-2H3,(H,17,20). The highest BCUT2D eigenvalue weighted by Gasteiger charge is 2.31. The lowest BCUT2D eigenvalue weighted by atomic mass is 10.2. The number of imide groups is 1. The first-order valence-corrected chi connectivity index (χ1v) is 9.52. The molecule has 0 spiro atoms. The van der Waals surface area contributed by atoms with Gasteiger partial charge in [-0.25, -0.2) is 13.1 Å². The van der Waals surface area contributed by atoms with Crippen molar-refractivity contribution in [2.75, 3.05) is 25.1 Å². The van der Waals surface area contributed by atoms with Crippen molar-refractivity contribution in [2.24, 2.45) is 0 Å². The van der Waals surface area contributed by atoms with Crippen molar-refractivity contribution in [3.63, 3.8) is 0 Å². The number of anilines is 1. The molecule has 0 saturated carbocycles. The summed E-state index contributed by atoms with van der Waals surface area (Å²) in [5.41, 5.74) is 0.192. The van der Waals surface area contributed by atoms with Crippen molar-refractivity contribution in [1.82, 2.24) is 10.0 Å². The normalized spacial score (nSPS) is 14.6. The van der Waals surface area contributed by atoms with Crippen molar-refractivity contribution >= 4 is 33.4 Å². The molecule has 9 nitrogen and oxygen atoms in total. The minimum absolute atomic E-state index is 0.0993. The lowest BCUT2D eigenvalue weighted by molar-refractivity contribution is -0.121. The molecule has 1 fully saturated rings. The van der Waals surface area contributed by atoms with E-state index in [1.807, 2.05) is 0 Å². The molecule has 1 aromatic carbocycles. The smallest absolute Gasteiger partial charge is 0.244 e. The molecule has 1 aromatic rings. The highest BCUT2D eigenvalue weighted by atomic mass is 32.2. The molecule has 1 aliphatic heterocycles. The van der Waals surface area contributed by atoms with E-state index in [2.05, 4.69) is 10.0 Å². The van der Waals surface area contributed by atoms with Crippen LogP contribution in [0.3, 0.4) is 0 Å². The molecule has 0 radical (unpaired) electrons. The van der Waals surface area contributed by atoms with Crippen LogP contribution in [-0.4, -0.2) is 46.3 Å². The van der Waals surface area contributed by atoms with Gasteiger partial charge in [0.05, 0.1) is 12.8 Å². The van der Waals surface area contributed by atoms with E-state index in [1.165, 1.54) is 32.2 Å². The summed E-state index contributed by atoms with van der Waals surface area (Å²) in [6.45, 7) is 1.82. The number of nitrogens with zero attached hydrogens (tertiary/aromatic N) is 1. The summed E-state index contributed by atoms with van der Waals surface area (Å²) in [6, 6.07) is 4.12. The van der Waals surface area contributed by atoms with Gasteiger partial charge in [0, 0.05) is 32.9 Å². The summed E-state index contributed by atoms with van der Waals surface area (Å²) < 4.78 is 32.7. The van der Waals surface area contributed by atoms with Crippen molar-refractivity contribution in [3.8, 4) is 5.75 Å². The fraction of sp³-hybridized carbons (Fsp3) is 0.438. The molecule has 2 rings (SSSR count). The highest BCUT2D eigenvalue weighted by molar-refractivity contribution is 7.89. The van der Waals surface area contributed by atoms with Crippen LogP contribution in [0.4, 0.5) is 5.69 Å². The second kappa shape index (κ2) is 8.28. The van der Waals surface area contributed by atoms with Gasteiger partial charge in [-0.1, -0.05) is 0 Å². The van der Waals surface area contributed by atoms with Crippen molar-refractivity contribution in [1.29, 1.82) is 0 Å². The SMILES string of the molecule is COc1ccc(N2C(=O)CCC2=O)cc1S(=O)(=O)NCCCNC(C)=O. The third kappa shape index (κ3) is 4.58. The van der Waals surface area contributed by atoms with E-state index in [9.17, 15) is 22.8 Å². The molecule has 0 atom stereocenters. The van der Waals surface area contributed by atoms with Crippen molar-refractivity contribution in [2.45, 2.75) is 31.1 Å². The lowest BCUT2D eigenvalue weighted by Crippen LogP contribution is -2.30. The van der Waals surface area contributed by atoms with Gasteiger partial charge in [-0.05, 0) is 24.6 Å². The molecule has 0 bridgehead atoms. The van der Waals surface area contributed by atoms with Crippen LogP contribution in [0.1, 0.15) is 26.2 Å². The molecular weight excluding hydrogens is 362 g/mol. The molecule has 142 valence electrons. The molecule has 1 saturated heterocycles. The van der Waals surface area contributed by atoms with Crippen LogP contribution in [-0.2, 0) is 24.4 Å². The average molecular weight is 383 g/mol. The van der Waals surface area contributed by atoms with Gasteiger partial charge in [-0.2, -0.15) is 0 Å². The lowest BCUT2D eigenvalue weighted by Gasteiger charge is -2.17. The summed E-state index contributed by atoms with van der Waals surface area (Å²) in [7, 11) is -2.60. The molecule has 26 heavy (non-hydrogen) atoms. The van der Waals surface area contributed by atoms with Crippen LogP contribution in [0, 0.1) is 0 Å². The van der Waals surface area contributed by atoms with Gasteiger partial charge >= 0.3 is 0 Å². The number of benzene rings is 1. The molecule has 1 heterocycles. The van der Waals surface area contributed by atoms with E-state index in [4.69, 9.17) is 4.74 Å². The van der Waals surface area contributed by atoms with E-state index in [0.29, 0.717) is 13.0 Å². The van der Waals surface area contributed by atoms with E-state index >= 15 is 0 Å². The van der Waals surface area contributed by atoms with Crippen molar-refractivity contribution < 1.29 is 27.5 Å². The number of hydrogen-bond acceptors (Lipinski definition) is 6. The molecular formula is C16H21N3O6S. The molecule has 0 aliphatic carbocycles. The first-order chi connectivity index (χ1) is 12.3. The van der Waals surface area contributed by atoms with E-state index in [0.717, 1.165) is 4.90 Å². The van der Waals surface area contributed by atoms with Crippen LogP contribution >= 0.6 is 0 Å². The van der Waals surface area contributed by atoms with Crippen molar-refractivity contribution in [3.05, 3.63) is 18.2 Å². The van der Waals surface area contributed by atoms with Crippen LogP contribution in [0.5, 0.6) is 5.75 Å². The number of sulfonamides is 1. The van der Waals surface area contributed by atoms with Gasteiger partial charge in [0.15, 0.2) is 0 Å². The Balaban J connectivity index is 2.20. The number of ether oxygens (including phenoxy) is 1. The highest BCUT2D eigenvalue weighted by Crippen LogP contribution is 2.31. The topological polar surface area (TPSA) is 122 Å². The van der Waals surface area contributed by atoms with Gasteiger partial charge in [0.2, 0.25) is 27.7 Å². The number of amides is 3. The van der Waals surface area contributed by atoms with E-state index in [-0.39, 0.29) is 53.4 Å². The third-order valence-corrected chi connectivity index (χ3v) is 5.25. The summed E-state index contributed by atoms with van der Waals surface area (Å²) in [5, 5.41) is 2.57. The first kappa shape index (κ1) is 19.9. The zero-order valence-corrected chi connectivity index (χ0v) is 15.4. The Morgan fingerprint density at radius 3 is 2.42 bits per heavy atom. The fourth-order valence-electron chi connectivity index (χ4n) is 2.52. The monoisotopic (exact) mass is 383 g/mol. The van der Waals surface area contributed by atoms with Gasteiger partial charge in [-0.15, -0.1) is 0 Å². The summed E-state index contributed by atoms with van der Waals surface area (Å²) in [4.78, 5) is 35.4. The van der Waals surface area contributed by atoms with Gasteiger partial charge in [-0.3, -0.25) is 19.3 Å². The molecule has 1 aliphatic rings. The number of carbonyl (C=O) groups is 3. The zero-order chi connectivity index (χ0) is 19.3.